The van der Waals surface area contributed by atoms with Crippen molar-refractivity contribution in [1.82, 2.24) is 9.80 Å². The Morgan fingerprint density at radius 1 is 1.19 bits per heavy atom. The first-order valence-corrected chi connectivity index (χ1v) is 9.28. The second-order valence-electron chi connectivity index (χ2n) is 8.61. The summed E-state index contributed by atoms with van der Waals surface area (Å²) in [5.41, 5.74) is -1.59. The molecule has 1 unspecified atom stereocenters. The molecular weight excluding hydrogens is 371 g/mol. The fourth-order valence-corrected chi connectivity index (χ4v) is 4.27. The van der Waals surface area contributed by atoms with E-state index in [9.17, 15) is 14.3 Å². The average molecular weight is 401 g/mol. The highest BCUT2D eigenvalue weighted by Crippen LogP contribution is 2.47. The summed E-state index contributed by atoms with van der Waals surface area (Å²) in [4.78, 5) is 16.2. The fraction of sp³-hybridized carbons (Fsp3) is 0.650. The van der Waals surface area contributed by atoms with Gasteiger partial charge in [-0.15, -0.1) is 12.4 Å². The molecule has 0 aliphatic carbocycles. The van der Waals surface area contributed by atoms with Crippen molar-refractivity contribution >= 4 is 18.5 Å². The van der Waals surface area contributed by atoms with Crippen molar-refractivity contribution in [1.29, 1.82) is 0 Å². The van der Waals surface area contributed by atoms with E-state index in [4.69, 9.17) is 4.74 Å². The van der Waals surface area contributed by atoms with E-state index in [0.717, 1.165) is 31.6 Å². The van der Waals surface area contributed by atoms with Gasteiger partial charge in [-0.05, 0) is 51.8 Å². The number of benzene rings is 1. The molecule has 27 heavy (non-hydrogen) atoms. The van der Waals surface area contributed by atoms with Crippen molar-refractivity contribution in [3.05, 3.63) is 35.6 Å². The number of carbonyl (C=O) groups excluding carboxylic acids is 1. The van der Waals surface area contributed by atoms with Gasteiger partial charge < -0.3 is 14.7 Å². The summed E-state index contributed by atoms with van der Waals surface area (Å²) >= 11 is 0. The van der Waals surface area contributed by atoms with Gasteiger partial charge in [-0.25, -0.2) is 9.18 Å². The molecule has 1 atom stereocenters. The molecule has 1 spiro atoms. The number of likely N-dealkylation sites (tertiary alicyclic amines) is 1. The summed E-state index contributed by atoms with van der Waals surface area (Å²) in [5, 5.41) is 11.2. The van der Waals surface area contributed by atoms with Crippen LogP contribution in [0.4, 0.5) is 9.18 Å². The van der Waals surface area contributed by atoms with Crippen molar-refractivity contribution < 1.29 is 19.0 Å². The summed E-state index contributed by atoms with van der Waals surface area (Å²) in [5.74, 6) is -0.220. The zero-order chi connectivity index (χ0) is 19.2. The maximum atomic E-state index is 13.0. The SMILES string of the molecule is CC(C)(C)N1C(=O)OC2(CCN(CCc3ccc(F)cc3)CC2)C1(C)O.Cl. The maximum absolute atomic E-state index is 13.0. The second-order valence-corrected chi connectivity index (χ2v) is 8.61. The minimum Gasteiger partial charge on any atom is -0.437 e. The van der Waals surface area contributed by atoms with Crippen LogP contribution in [0.5, 0.6) is 0 Å². The standard InChI is InChI=1S/C20H29FN2O3.ClH/c1-18(2,3)23-17(24)26-20(19(23,4)25)10-13-22(14-11-20)12-9-15-5-7-16(21)8-6-15;/h5-8,25H,9-14H2,1-4H3;1H. The Kier molecular flexibility index (Phi) is 6.15. The number of hydrogen-bond donors (Lipinski definition) is 1. The predicted molar refractivity (Wildman–Crippen MR) is 104 cm³/mol. The topological polar surface area (TPSA) is 53.0 Å². The molecule has 2 aliphatic heterocycles. The molecule has 5 nitrogen and oxygen atoms in total. The first-order chi connectivity index (χ1) is 12.1. The van der Waals surface area contributed by atoms with Crippen LogP contribution < -0.4 is 0 Å². The summed E-state index contributed by atoms with van der Waals surface area (Å²) < 4.78 is 18.7. The number of rotatable bonds is 3. The van der Waals surface area contributed by atoms with Crippen LogP contribution in [0.1, 0.15) is 46.1 Å². The van der Waals surface area contributed by atoms with Gasteiger partial charge in [0.15, 0.2) is 11.3 Å². The van der Waals surface area contributed by atoms with Crippen LogP contribution in [-0.4, -0.2) is 57.5 Å². The van der Waals surface area contributed by atoms with Gasteiger partial charge in [0.1, 0.15) is 5.82 Å². The summed E-state index contributed by atoms with van der Waals surface area (Å²) in [7, 11) is 0. The van der Waals surface area contributed by atoms with Gasteiger partial charge >= 0.3 is 6.09 Å². The minimum absolute atomic E-state index is 0. The second kappa shape index (κ2) is 7.57. The molecule has 0 radical (unpaired) electrons. The van der Waals surface area contributed by atoms with E-state index in [-0.39, 0.29) is 18.2 Å². The number of hydrogen-bond acceptors (Lipinski definition) is 4. The number of carbonyl (C=O) groups is 1. The summed E-state index contributed by atoms with van der Waals surface area (Å²) in [6, 6.07) is 6.59. The van der Waals surface area contributed by atoms with Crippen LogP contribution in [0.25, 0.3) is 0 Å². The molecule has 2 heterocycles. The van der Waals surface area contributed by atoms with Crippen LogP contribution in [0.3, 0.4) is 0 Å². The molecule has 7 heteroatoms. The van der Waals surface area contributed by atoms with Crippen LogP contribution in [0.2, 0.25) is 0 Å². The quantitative estimate of drug-likeness (QED) is 0.842. The van der Waals surface area contributed by atoms with Crippen molar-refractivity contribution in [2.75, 3.05) is 19.6 Å². The molecule has 0 bridgehead atoms. The number of ether oxygens (including phenoxy) is 1. The Bertz CT molecular complexity index is 665. The van der Waals surface area contributed by atoms with Crippen molar-refractivity contribution in [2.45, 2.75) is 63.8 Å². The normalized spacial score (nSPS) is 25.4. The molecule has 152 valence electrons. The van der Waals surface area contributed by atoms with E-state index >= 15 is 0 Å². The first kappa shape index (κ1) is 21.9. The lowest BCUT2D eigenvalue weighted by Crippen LogP contribution is -2.64. The fourth-order valence-electron chi connectivity index (χ4n) is 4.27. The summed E-state index contributed by atoms with van der Waals surface area (Å²) in [6.45, 7) is 9.77. The Balaban J connectivity index is 0.00000261. The smallest absolute Gasteiger partial charge is 0.413 e. The minimum atomic E-state index is -1.33. The van der Waals surface area contributed by atoms with Crippen LogP contribution in [-0.2, 0) is 11.2 Å². The molecule has 1 N–H and O–H groups in total. The van der Waals surface area contributed by atoms with Gasteiger partial charge in [0.2, 0.25) is 0 Å². The van der Waals surface area contributed by atoms with Gasteiger partial charge in [-0.3, -0.25) is 4.90 Å². The number of amides is 1. The Hall–Kier alpha value is -1.37. The van der Waals surface area contributed by atoms with E-state index in [2.05, 4.69) is 4.90 Å². The molecule has 2 aliphatic rings. The van der Waals surface area contributed by atoms with Gasteiger partial charge in [0.05, 0.1) is 0 Å². The number of piperidine rings is 1. The van der Waals surface area contributed by atoms with Gasteiger partial charge in [0, 0.05) is 38.0 Å². The molecule has 0 saturated carbocycles. The van der Waals surface area contributed by atoms with Crippen LogP contribution >= 0.6 is 12.4 Å². The van der Waals surface area contributed by atoms with Gasteiger partial charge in [0.25, 0.3) is 0 Å². The average Bonchev–Trinajstić information content (AvgIpc) is 2.73. The Morgan fingerprint density at radius 3 is 2.22 bits per heavy atom. The third-order valence-corrected chi connectivity index (χ3v) is 5.73. The third kappa shape index (κ3) is 4.08. The zero-order valence-electron chi connectivity index (χ0n) is 16.5. The Morgan fingerprint density at radius 2 is 1.74 bits per heavy atom. The maximum Gasteiger partial charge on any atom is 0.413 e. The largest absolute Gasteiger partial charge is 0.437 e. The van der Waals surface area contributed by atoms with E-state index in [0.29, 0.717) is 12.8 Å². The molecule has 0 aromatic heterocycles. The molecule has 2 saturated heterocycles. The van der Waals surface area contributed by atoms with Crippen molar-refractivity contribution in [2.24, 2.45) is 0 Å². The number of halogens is 2. The molecule has 1 amide bonds. The molecule has 3 rings (SSSR count). The lowest BCUT2D eigenvalue weighted by molar-refractivity contribution is -0.179. The van der Waals surface area contributed by atoms with Crippen LogP contribution in [0, 0.1) is 5.82 Å². The summed E-state index contributed by atoms with van der Waals surface area (Å²) in [6.07, 6.45) is 1.60. The third-order valence-electron chi connectivity index (χ3n) is 5.73. The highest BCUT2D eigenvalue weighted by atomic mass is 35.5. The monoisotopic (exact) mass is 400 g/mol. The van der Waals surface area contributed by atoms with Crippen molar-refractivity contribution in [3.63, 3.8) is 0 Å². The lowest BCUT2D eigenvalue weighted by atomic mass is 9.80. The van der Waals surface area contributed by atoms with E-state index in [1.165, 1.54) is 17.0 Å². The zero-order valence-corrected chi connectivity index (χ0v) is 17.3. The lowest BCUT2D eigenvalue weighted by Gasteiger charge is -2.47. The molecule has 1 aromatic rings. The van der Waals surface area contributed by atoms with E-state index in [1.807, 2.05) is 32.9 Å². The molecular formula is C20H30ClFN2O3. The van der Waals surface area contributed by atoms with Crippen molar-refractivity contribution in [3.8, 4) is 0 Å². The predicted octanol–water partition coefficient (Wildman–Crippen LogP) is 3.58. The van der Waals surface area contributed by atoms with Gasteiger partial charge in [-0.2, -0.15) is 0 Å². The Labute approximate surface area is 166 Å². The van der Waals surface area contributed by atoms with Crippen LogP contribution in [0.15, 0.2) is 24.3 Å². The molecule has 1 aromatic carbocycles. The van der Waals surface area contributed by atoms with E-state index < -0.39 is 23.0 Å². The first-order valence-electron chi connectivity index (χ1n) is 9.28. The van der Waals surface area contributed by atoms with E-state index in [1.54, 1.807) is 6.92 Å². The van der Waals surface area contributed by atoms with Gasteiger partial charge in [-0.1, -0.05) is 12.1 Å². The number of aliphatic hydroxyl groups is 1. The highest BCUT2D eigenvalue weighted by Gasteiger charge is 2.64. The molecule has 2 fully saturated rings. The highest BCUT2D eigenvalue weighted by molar-refractivity contribution is 5.85. The number of nitrogens with zero attached hydrogens (tertiary/aromatic N) is 2.